The summed E-state index contributed by atoms with van der Waals surface area (Å²) in [7, 11) is 0. The van der Waals surface area contributed by atoms with Crippen molar-refractivity contribution in [1.29, 1.82) is 0 Å². The van der Waals surface area contributed by atoms with Gasteiger partial charge in [-0.3, -0.25) is 19.4 Å². The van der Waals surface area contributed by atoms with Crippen LogP contribution in [0.5, 0.6) is 0 Å². The number of piperidine rings is 1. The predicted molar refractivity (Wildman–Crippen MR) is 89.7 cm³/mol. The summed E-state index contributed by atoms with van der Waals surface area (Å²) < 4.78 is 1.21. The van der Waals surface area contributed by atoms with Crippen LogP contribution in [-0.4, -0.2) is 88.5 Å². The number of aliphatic carboxylic acids is 1. The number of carboxylic acid groups (broad SMARTS) is 2. The van der Waals surface area contributed by atoms with E-state index in [1.165, 1.54) is 9.58 Å². The van der Waals surface area contributed by atoms with Crippen molar-refractivity contribution in [3.63, 3.8) is 0 Å². The summed E-state index contributed by atoms with van der Waals surface area (Å²) in [4.78, 5) is 49.0. The second-order valence-electron chi connectivity index (χ2n) is 6.57. The topological polar surface area (TPSA) is 185 Å². The van der Waals surface area contributed by atoms with Crippen molar-refractivity contribution in [2.75, 3.05) is 12.3 Å². The van der Waals surface area contributed by atoms with Gasteiger partial charge in [-0.2, -0.15) is 0 Å². The lowest BCUT2D eigenvalue weighted by Crippen LogP contribution is -2.73. The number of amides is 3. The average Bonchev–Trinajstić information content (AvgIpc) is 3.18. The maximum atomic E-state index is 12.5. The van der Waals surface area contributed by atoms with Gasteiger partial charge in [0.25, 0.3) is 5.91 Å². The van der Waals surface area contributed by atoms with Crippen molar-refractivity contribution in [3.05, 3.63) is 11.3 Å². The number of thioether (sulfide) groups is 1. The summed E-state index contributed by atoms with van der Waals surface area (Å²) in [6, 6.07) is -1.35. The van der Waals surface area contributed by atoms with Gasteiger partial charge in [0, 0.05) is 18.2 Å². The van der Waals surface area contributed by atoms with Gasteiger partial charge in [0.05, 0.1) is 6.04 Å². The third-order valence-electron chi connectivity index (χ3n) is 5.14. The second-order valence-corrected chi connectivity index (χ2v) is 7.51. The number of hydrogen-bond acceptors (Lipinski definition) is 8. The minimum atomic E-state index is -1.24. The molecule has 13 nitrogen and oxygen atoms in total. The Balaban J connectivity index is 1.60. The van der Waals surface area contributed by atoms with E-state index >= 15 is 0 Å². The summed E-state index contributed by atoms with van der Waals surface area (Å²) >= 11 is 1.13. The fraction of sp³-hybridized carbons (Fsp3) is 0.500. The summed E-state index contributed by atoms with van der Waals surface area (Å²) in [6.07, 6.45) is -0.780. The molecule has 4 heterocycles. The highest BCUT2D eigenvalue weighted by molar-refractivity contribution is 7.99. The second kappa shape index (κ2) is 6.47. The van der Waals surface area contributed by atoms with Crippen LogP contribution in [0.3, 0.4) is 0 Å². The smallest absolute Gasteiger partial charge is 0.408 e. The van der Waals surface area contributed by atoms with Gasteiger partial charge in [0.2, 0.25) is 11.1 Å². The minimum Gasteiger partial charge on any atom is -0.477 e. The van der Waals surface area contributed by atoms with Crippen molar-refractivity contribution < 1.29 is 29.4 Å². The summed E-state index contributed by atoms with van der Waals surface area (Å²) in [5, 5.41) is 30.2. The van der Waals surface area contributed by atoms with E-state index in [-0.39, 0.29) is 35.6 Å². The molecule has 3 atom stereocenters. The maximum Gasteiger partial charge on any atom is 0.408 e. The summed E-state index contributed by atoms with van der Waals surface area (Å²) in [5.41, 5.74) is 5.58. The van der Waals surface area contributed by atoms with E-state index in [1.54, 1.807) is 0 Å². The van der Waals surface area contributed by atoms with Crippen molar-refractivity contribution in [2.24, 2.45) is 11.7 Å². The summed E-state index contributed by atoms with van der Waals surface area (Å²) in [6.45, 7) is -0.0618. The number of rotatable bonds is 6. The molecule has 2 fully saturated rings. The number of carboxylic acids is 1. The molecule has 1 aromatic rings. The highest BCUT2D eigenvalue weighted by atomic mass is 32.2. The fourth-order valence-electron chi connectivity index (χ4n) is 4.09. The van der Waals surface area contributed by atoms with E-state index in [2.05, 4.69) is 15.5 Å². The maximum absolute atomic E-state index is 12.5. The lowest BCUT2D eigenvalue weighted by molar-refractivity contribution is -0.161. The van der Waals surface area contributed by atoms with Crippen molar-refractivity contribution in [2.45, 2.75) is 30.2 Å². The van der Waals surface area contributed by atoms with Crippen molar-refractivity contribution >= 4 is 35.6 Å². The minimum absolute atomic E-state index is 0.107. The fourth-order valence-corrected chi connectivity index (χ4v) is 5.07. The van der Waals surface area contributed by atoms with Gasteiger partial charge in [-0.1, -0.05) is 11.8 Å². The third kappa shape index (κ3) is 2.59. The first-order valence-electron chi connectivity index (χ1n) is 8.27. The molecule has 1 aromatic heterocycles. The van der Waals surface area contributed by atoms with E-state index < -0.39 is 36.0 Å². The van der Waals surface area contributed by atoms with E-state index in [4.69, 9.17) is 5.73 Å². The Morgan fingerprint density at radius 2 is 2.04 bits per heavy atom. The molecule has 0 bridgehead atoms. The molecular formula is C14H15N7O6S. The Hall–Kier alpha value is -3.16. The lowest BCUT2D eigenvalue weighted by Gasteiger charge is -2.52. The van der Waals surface area contributed by atoms with Gasteiger partial charge < -0.3 is 15.9 Å². The van der Waals surface area contributed by atoms with Gasteiger partial charge in [0.15, 0.2) is 0 Å². The predicted octanol–water partition coefficient (Wildman–Crippen LogP) is -1.82. The number of likely N-dealkylation sites (tertiary alicyclic amines) is 1. The molecule has 4 N–H and O–H groups in total. The SMILES string of the molecule is NC(=O)Cn1nnnc1SCC1=C(C(=O)O)N2C(=O)[C@@H]3[C@H]2C1CCN3C(=O)O. The molecule has 0 radical (unpaired) electrons. The van der Waals surface area contributed by atoms with Gasteiger partial charge in [-0.25, -0.2) is 14.3 Å². The standard InChI is InChI=1S/C14H15N7O6S/c15-7(22)3-20-13(16-17-18-20)28-4-6-5-1-2-19(14(26)27)10-8(5)21(11(10)23)9(6)12(24)25/h5,8,10H,1-4H2,(H2,15,22)(H,24,25)(H,26,27)/t5?,8-,10+/m1/s1. The molecule has 3 amide bonds. The quantitative estimate of drug-likeness (QED) is 0.357. The van der Waals surface area contributed by atoms with Crippen molar-refractivity contribution in [1.82, 2.24) is 30.0 Å². The van der Waals surface area contributed by atoms with E-state index in [0.717, 1.165) is 16.7 Å². The van der Waals surface area contributed by atoms with E-state index in [9.17, 15) is 29.4 Å². The molecule has 0 aromatic carbocycles. The van der Waals surface area contributed by atoms with Crippen molar-refractivity contribution in [3.8, 4) is 0 Å². The van der Waals surface area contributed by atoms with E-state index in [1.807, 2.05) is 0 Å². The molecule has 148 valence electrons. The number of carbonyl (C=O) groups is 4. The first-order valence-corrected chi connectivity index (χ1v) is 9.26. The average molecular weight is 409 g/mol. The van der Waals surface area contributed by atoms with Crippen LogP contribution in [0, 0.1) is 5.92 Å². The Morgan fingerprint density at radius 3 is 2.68 bits per heavy atom. The van der Waals surface area contributed by atoms with Crippen LogP contribution in [0.15, 0.2) is 16.4 Å². The Labute approximate surface area is 161 Å². The van der Waals surface area contributed by atoms with Crippen LogP contribution < -0.4 is 5.73 Å². The molecule has 1 unspecified atom stereocenters. The third-order valence-corrected chi connectivity index (χ3v) is 6.15. The van der Waals surface area contributed by atoms with Gasteiger partial charge in [-0.05, 0) is 22.4 Å². The van der Waals surface area contributed by atoms with Crippen LogP contribution in [-0.2, 0) is 20.9 Å². The number of β-lactam (4-membered cyclic amide) rings is 1. The van der Waals surface area contributed by atoms with Crippen LogP contribution in [0.1, 0.15) is 6.42 Å². The molecule has 0 spiro atoms. The first-order chi connectivity index (χ1) is 13.3. The zero-order valence-corrected chi connectivity index (χ0v) is 15.1. The van der Waals surface area contributed by atoms with Gasteiger partial charge in [0.1, 0.15) is 18.3 Å². The van der Waals surface area contributed by atoms with E-state index in [0.29, 0.717) is 12.0 Å². The molecule has 2 saturated heterocycles. The Bertz CT molecular complexity index is 929. The monoisotopic (exact) mass is 409 g/mol. The first kappa shape index (κ1) is 18.2. The zero-order valence-electron chi connectivity index (χ0n) is 14.3. The highest BCUT2D eigenvalue weighted by Crippen LogP contribution is 2.49. The molecule has 3 aliphatic rings. The molecular weight excluding hydrogens is 394 g/mol. The van der Waals surface area contributed by atoms with Crippen LogP contribution in [0.2, 0.25) is 0 Å². The van der Waals surface area contributed by atoms with Gasteiger partial charge in [-0.15, -0.1) is 5.10 Å². The number of tetrazole rings is 1. The molecule has 0 aliphatic carbocycles. The number of hydrogen-bond donors (Lipinski definition) is 3. The Morgan fingerprint density at radius 1 is 1.29 bits per heavy atom. The number of primary amides is 1. The number of carbonyl (C=O) groups excluding carboxylic acids is 2. The molecule has 3 aliphatic heterocycles. The lowest BCUT2D eigenvalue weighted by atomic mass is 9.78. The normalized spacial score (nSPS) is 25.6. The Kier molecular flexibility index (Phi) is 4.21. The van der Waals surface area contributed by atoms with Crippen LogP contribution in [0.25, 0.3) is 0 Å². The number of nitrogens with two attached hydrogens (primary N) is 1. The summed E-state index contributed by atoms with van der Waals surface area (Å²) in [5.74, 6) is -2.45. The van der Waals surface area contributed by atoms with Gasteiger partial charge >= 0.3 is 12.1 Å². The zero-order chi connectivity index (χ0) is 20.2. The number of aromatic nitrogens is 4. The van der Waals surface area contributed by atoms with Crippen LogP contribution in [0.4, 0.5) is 4.79 Å². The molecule has 14 heteroatoms. The number of nitrogens with zero attached hydrogens (tertiary/aromatic N) is 6. The largest absolute Gasteiger partial charge is 0.477 e. The van der Waals surface area contributed by atoms with Crippen LogP contribution >= 0.6 is 11.8 Å². The molecule has 0 saturated carbocycles. The highest BCUT2D eigenvalue weighted by Gasteiger charge is 2.64. The molecule has 28 heavy (non-hydrogen) atoms. The molecule has 4 rings (SSSR count).